The van der Waals surface area contributed by atoms with E-state index in [1.807, 2.05) is 0 Å². The van der Waals surface area contributed by atoms with E-state index in [-0.39, 0.29) is 38.1 Å². The number of aliphatic carboxylic acids is 2. The lowest BCUT2D eigenvalue weighted by atomic mass is 10.1. The number of hydrogen-bond donors (Lipinski definition) is 3. The van der Waals surface area contributed by atoms with Crippen molar-refractivity contribution in [1.82, 2.24) is 5.32 Å². The predicted molar refractivity (Wildman–Crippen MR) is 79.2 cm³/mol. The van der Waals surface area contributed by atoms with Crippen molar-refractivity contribution in [3.8, 4) is 0 Å². The Balaban J connectivity index is 4.45. The van der Waals surface area contributed by atoms with Crippen LogP contribution in [0.15, 0.2) is 23.8 Å². The molecule has 0 aliphatic heterocycles. The summed E-state index contributed by atoms with van der Waals surface area (Å²) in [7, 11) is 0. The van der Waals surface area contributed by atoms with Gasteiger partial charge in [-0.05, 0) is 13.3 Å². The molecular formula is C15H21NO6. The number of rotatable bonds is 11. The second-order valence-electron chi connectivity index (χ2n) is 4.66. The molecule has 0 saturated heterocycles. The van der Waals surface area contributed by atoms with Gasteiger partial charge in [-0.2, -0.15) is 0 Å². The van der Waals surface area contributed by atoms with Gasteiger partial charge in [0.15, 0.2) is 0 Å². The number of aldehydes is 1. The maximum atomic E-state index is 11.6. The SMILES string of the molecule is C/C=C/C(C=O)CNC(=O)C/C=C(/CCC(=O)O)CC(=O)O. The van der Waals surface area contributed by atoms with E-state index in [0.717, 1.165) is 6.29 Å². The van der Waals surface area contributed by atoms with Crippen LogP contribution in [0, 0.1) is 5.92 Å². The highest BCUT2D eigenvalue weighted by atomic mass is 16.4. The van der Waals surface area contributed by atoms with E-state index in [0.29, 0.717) is 5.57 Å². The Morgan fingerprint density at radius 1 is 1.14 bits per heavy atom. The van der Waals surface area contributed by atoms with Crippen molar-refractivity contribution < 1.29 is 29.4 Å². The van der Waals surface area contributed by atoms with Crippen LogP contribution in [0.4, 0.5) is 0 Å². The van der Waals surface area contributed by atoms with Gasteiger partial charge in [0, 0.05) is 25.3 Å². The Hall–Kier alpha value is -2.44. The third kappa shape index (κ3) is 10.4. The smallest absolute Gasteiger partial charge is 0.307 e. The normalized spacial score (nSPS) is 12.9. The molecule has 0 heterocycles. The first kappa shape index (κ1) is 19.6. The fraction of sp³-hybridized carbons (Fsp3) is 0.467. The number of carbonyl (C=O) groups excluding carboxylic acids is 2. The van der Waals surface area contributed by atoms with E-state index in [2.05, 4.69) is 5.32 Å². The summed E-state index contributed by atoms with van der Waals surface area (Å²) in [5.41, 5.74) is 0.394. The summed E-state index contributed by atoms with van der Waals surface area (Å²) in [6.07, 6.45) is 5.07. The van der Waals surface area contributed by atoms with E-state index in [9.17, 15) is 19.2 Å². The van der Waals surface area contributed by atoms with Crippen molar-refractivity contribution in [2.75, 3.05) is 6.54 Å². The van der Waals surface area contributed by atoms with Gasteiger partial charge in [0.05, 0.1) is 6.42 Å². The molecule has 1 unspecified atom stereocenters. The monoisotopic (exact) mass is 311 g/mol. The summed E-state index contributed by atoms with van der Waals surface area (Å²) in [5, 5.41) is 19.9. The molecule has 3 N–H and O–H groups in total. The van der Waals surface area contributed by atoms with Crippen molar-refractivity contribution in [2.45, 2.75) is 32.6 Å². The number of amides is 1. The second-order valence-corrected chi connectivity index (χ2v) is 4.66. The summed E-state index contributed by atoms with van der Waals surface area (Å²) < 4.78 is 0. The first-order chi connectivity index (χ1) is 10.4. The van der Waals surface area contributed by atoms with Crippen molar-refractivity contribution in [3.05, 3.63) is 23.8 Å². The number of carboxylic acids is 2. The minimum atomic E-state index is -1.08. The zero-order valence-electron chi connectivity index (χ0n) is 12.4. The van der Waals surface area contributed by atoms with Gasteiger partial charge in [-0.3, -0.25) is 14.4 Å². The summed E-state index contributed by atoms with van der Waals surface area (Å²) in [5.74, 6) is -2.86. The number of carboxylic acid groups (broad SMARTS) is 2. The molecule has 0 aliphatic rings. The lowest BCUT2D eigenvalue weighted by Gasteiger charge is -2.07. The van der Waals surface area contributed by atoms with Crippen LogP contribution in [0.2, 0.25) is 0 Å². The lowest BCUT2D eigenvalue weighted by molar-refractivity contribution is -0.138. The van der Waals surface area contributed by atoms with Crippen LogP contribution < -0.4 is 5.32 Å². The number of allylic oxidation sites excluding steroid dienone is 1. The molecule has 1 atom stereocenters. The van der Waals surface area contributed by atoms with Crippen LogP contribution in [0.3, 0.4) is 0 Å². The van der Waals surface area contributed by atoms with Crippen LogP contribution >= 0.6 is 0 Å². The van der Waals surface area contributed by atoms with Crippen LogP contribution in [0.5, 0.6) is 0 Å². The molecule has 22 heavy (non-hydrogen) atoms. The van der Waals surface area contributed by atoms with E-state index < -0.39 is 17.9 Å². The topological polar surface area (TPSA) is 121 Å². The van der Waals surface area contributed by atoms with Gasteiger partial charge >= 0.3 is 11.9 Å². The molecule has 0 fully saturated rings. The molecule has 7 nitrogen and oxygen atoms in total. The summed E-state index contributed by atoms with van der Waals surface area (Å²) >= 11 is 0. The van der Waals surface area contributed by atoms with Crippen molar-refractivity contribution in [3.63, 3.8) is 0 Å². The van der Waals surface area contributed by atoms with E-state index >= 15 is 0 Å². The van der Waals surface area contributed by atoms with Gasteiger partial charge in [0.2, 0.25) is 5.91 Å². The van der Waals surface area contributed by atoms with Gasteiger partial charge in [0.1, 0.15) is 6.29 Å². The third-order valence-corrected chi connectivity index (χ3v) is 2.76. The Bertz CT molecular complexity index is 467. The largest absolute Gasteiger partial charge is 0.481 e. The Morgan fingerprint density at radius 3 is 2.32 bits per heavy atom. The lowest BCUT2D eigenvalue weighted by Crippen LogP contribution is -2.28. The quantitative estimate of drug-likeness (QED) is 0.389. The predicted octanol–water partition coefficient (Wildman–Crippen LogP) is 1.15. The van der Waals surface area contributed by atoms with Gasteiger partial charge in [-0.25, -0.2) is 0 Å². The fourth-order valence-electron chi connectivity index (χ4n) is 1.67. The number of carbonyl (C=O) groups is 4. The summed E-state index contributed by atoms with van der Waals surface area (Å²) in [4.78, 5) is 43.5. The molecule has 1 amide bonds. The molecule has 0 aromatic carbocycles. The first-order valence-electron chi connectivity index (χ1n) is 6.85. The highest BCUT2D eigenvalue weighted by molar-refractivity contribution is 5.78. The molecule has 0 spiro atoms. The molecule has 0 rings (SSSR count). The van der Waals surface area contributed by atoms with Gasteiger partial charge in [-0.15, -0.1) is 0 Å². The zero-order chi connectivity index (χ0) is 17.0. The minimum Gasteiger partial charge on any atom is -0.481 e. The van der Waals surface area contributed by atoms with Crippen molar-refractivity contribution in [2.24, 2.45) is 5.92 Å². The molecule has 0 aliphatic carbocycles. The van der Waals surface area contributed by atoms with Gasteiger partial charge in [0.25, 0.3) is 0 Å². The van der Waals surface area contributed by atoms with Crippen LogP contribution in [0.25, 0.3) is 0 Å². The standard InChI is InChI=1S/C15H21NO6/c1-2-3-12(10-17)9-16-13(18)6-4-11(8-15(21)22)5-7-14(19)20/h2-4,10,12H,5-9H2,1H3,(H,16,18)(H,19,20)(H,21,22)/b3-2+,11-4-. The van der Waals surface area contributed by atoms with Crippen LogP contribution in [-0.4, -0.2) is 40.9 Å². The molecule has 0 bridgehead atoms. The van der Waals surface area contributed by atoms with Gasteiger partial charge in [-0.1, -0.05) is 23.8 Å². The van der Waals surface area contributed by atoms with E-state index in [1.165, 1.54) is 6.08 Å². The maximum Gasteiger partial charge on any atom is 0.307 e. The molecule has 7 heteroatoms. The van der Waals surface area contributed by atoms with E-state index in [4.69, 9.17) is 10.2 Å². The molecule has 0 aromatic rings. The van der Waals surface area contributed by atoms with Crippen molar-refractivity contribution in [1.29, 1.82) is 0 Å². The minimum absolute atomic E-state index is 0.0519. The average molecular weight is 311 g/mol. The highest BCUT2D eigenvalue weighted by Crippen LogP contribution is 2.11. The molecule has 0 radical (unpaired) electrons. The first-order valence-corrected chi connectivity index (χ1v) is 6.85. The zero-order valence-corrected chi connectivity index (χ0v) is 12.4. The molecule has 0 saturated carbocycles. The molecule has 0 aromatic heterocycles. The second kappa shape index (κ2) is 11.2. The summed E-state index contributed by atoms with van der Waals surface area (Å²) in [6, 6.07) is 0. The van der Waals surface area contributed by atoms with Crippen LogP contribution in [0.1, 0.15) is 32.6 Å². The number of hydrogen-bond acceptors (Lipinski definition) is 4. The number of nitrogens with one attached hydrogen (secondary N) is 1. The Kier molecular flexibility index (Phi) is 10.00. The van der Waals surface area contributed by atoms with Gasteiger partial charge < -0.3 is 20.3 Å². The Morgan fingerprint density at radius 2 is 1.82 bits per heavy atom. The third-order valence-electron chi connectivity index (χ3n) is 2.76. The molecule has 122 valence electrons. The van der Waals surface area contributed by atoms with Crippen LogP contribution in [-0.2, 0) is 19.2 Å². The highest BCUT2D eigenvalue weighted by Gasteiger charge is 2.09. The summed E-state index contributed by atoms with van der Waals surface area (Å²) in [6.45, 7) is 1.94. The maximum absolute atomic E-state index is 11.6. The molecular weight excluding hydrogens is 290 g/mol. The average Bonchev–Trinajstić information content (AvgIpc) is 2.45. The fourth-order valence-corrected chi connectivity index (χ4v) is 1.67. The van der Waals surface area contributed by atoms with E-state index in [1.54, 1.807) is 19.1 Å². The van der Waals surface area contributed by atoms with Crippen molar-refractivity contribution >= 4 is 24.1 Å². The Labute approximate surface area is 128 Å².